The second-order valence-electron chi connectivity index (χ2n) is 8.56. The Kier molecular flexibility index (Phi) is 7.69. The molecule has 192 valence electrons. The number of carbonyl (C=O) groups excluding carboxylic acids is 2. The molecular formula is C23H26F3N7O2S. The van der Waals surface area contributed by atoms with Gasteiger partial charge >= 0.3 is 6.18 Å². The van der Waals surface area contributed by atoms with Gasteiger partial charge in [0.1, 0.15) is 5.01 Å². The molecule has 2 atom stereocenters. The van der Waals surface area contributed by atoms with E-state index < -0.39 is 17.7 Å². The van der Waals surface area contributed by atoms with E-state index in [-0.39, 0.29) is 30.1 Å². The summed E-state index contributed by atoms with van der Waals surface area (Å²) in [4.78, 5) is 32.0. The van der Waals surface area contributed by atoms with Crippen LogP contribution in [0, 0.1) is 5.92 Å². The van der Waals surface area contributed by atoms with Crippen molar-refractivity contribution in [3.05, 3.63) is 52.1 Å². The molecule has 1 aliphatic heterocycles. The Labute approximate surface area is 209 Å². The molecule has 0 saturated carbocycles. The van der Waals surface area contributed by atoms with Crippen LogP contribution < -0.4 is 11.1 Å². The number of benzene rings is 1. The molecule has 1 saturated heterocycles. The highest BCUT2D eigenvalue weighted by Crippen LogP contribution is 2.31. The summed E-state index contributed by atoms with van der Waals surface area (Å²) in [5, 5.41) is 13.1. The molecule has 3 aromatic rings. The zero-order valence-electron chi connectivity index (χ0n) is 19.5. The molecular weight excluding hydrogens is 495 g/mol. The van der Waals surface area contributed by atoms with E-state index in [0.717, 1.165) is 12.1 Å². The highest BCUT2D eigenvalue weighted by atomic mass is 32.1. The van der Waals surface area contributed by atoms with Gasteiger partial charge in [-0.25, -0.2) is 4.98 Å². The normalized spacial score (nSPS) is 18.3. The van der Waals surface area contributed by atoms with Crippen molar-refractivity contribution in [1.82, 2.24) is 30.2 Å². The Morgan fingerprint density at radius 3 is 2.69 bits per heavy atom. The van der Waals surface area contributed by atoms with Gasteiger partial charge in [-0.15, -0.1) is 16.4 Å². The number of nitrogens with two attached hydrogens (primary N) is 1. The highest BCUT2D eigenvalue weighted by molar-refractivity contribution is 7.09. The molecule has 9 nitrogen and oxygen atoms in total. The molecule has 3 N–H and O–H groups in total. The van der Waals surface area contributed by atoms with Gasteiger partial charge < -0.3 is 16.0 Å². The quantitative estimate of drug-likeness (QED) is 0.494. The minimum Gasteiger partial charge on any atom is -0.349 e. The molecule has 1 aliphatic rings. The van der Waals surface area contributed by atoms with Crippen LogP contribution in [-0.2, 0) is 24.1 Å². The van der Waals surface area contributed by atoms with Crippen LogP contribution in [0.2, 0.25) is 0 Å². The molecule has 3 heterocycles. The molecule has 2 amide bonds. The summed E-state index contributed by atoms with van der Waals surface area (Å²) in [6.45, 7) is 3.39. The Morgan fingerprint density at radius 1 is 1.25 bits per heavy atom. The van der Waals surface area contributed by atoms with Gasteiger partial charge in [0.2, 0.25) is 5.91 Å². The fraction of sp³-hybridized carbons (Fsp3) is 0.435. The number of halogens is 3. The summed E-state index contributed by atoms with van der Waals surface area (Å²) in [6, 6.07) is 4.47. The molecule has 1 aromatic carbocycles. The van der Waals surface area contributed by atoms with Crippen LogP contribution in [0.25, 0.3) is 11.3 Å². The maximum atomic E-state index is 13.0. The van der Waals surface area contributed by atoms with Crippen LogP contribution in [0.3, 0.4) is 0 Å². The highest BCUT2D eigenvalue weighted by Gasteiger charge is 2.36. The van der Waals surface area contributed by atoms with Crippen molar-refractivity contribution < 1.29 is 22.8 Å². The first kappa shape index (κ1) is 25.8. The molecule has 2 unspecified atom stereocenters. The lowest BCUT2D eigenvalue weighted by atomic mass is 9.89. The molecule has 1 fully saturated rings. The number of alkyl halides is 3. The molecule has 4 rings (SSSR count). The van der Waals surface area contributed by atoms with Crippen LogP contribution in [0.4, 0.5) is 13.2 Å². The summed E-state index contributed by atoms with van der Waals surface area (Å²) in [5.74, 6) is -0.849. The van der Waals surface area contributed by atoms with E-state index in [1.165, 1.54) is 28.2 Å². The number of hydrogen-bond acceptors (Lipinski definition) is 7. The number of piperidine rings is 1. The number of nitrogens with zero attached hydrogens (tertiary/aromatic N) is 5. The van der Waals surface area contributed by atoms with Crippen molar-refractivity contribution in [3.63, 3.8) is 0 Å². The Balaban J connectivity index is 1.35. The SMILES string of the molecule is CC1C(C(=O)NCc2nc(-c3ccc(C(F)(F)F)cc3)cs2)CCCN1C(=O)c1cn(CCN)nn1. The molecule has 0 bridgehead atoms. The fourth-order valence-electron chi connectivity index (χ4n) is 4.21. The van der Waals surface area contributed by atoms with Gasteiger partial charge in [-0.2, -0.15) is 13.2 Å². The smallest absolute Gasteiger partial charge is 0.349 e. The first-order chi connectivity index (χ1) is 17.2. The van der Waals surface area contributed by atoms with E-state index >= 15 is 0 Å². The van der Waals surface area contributed by atoms with Crippen LogP contribution in [0.5, 0.6) is 0 Å². The Morgan fingerprint density at radius 2 is 2.00 bits per heavy atom. The predicted octanol–water partition coefficient (Wildman–Crippen LogP) is 2.94. The summed E-state index contributed by atoms with van der Waals surface area (Å²) in [5.41, 5.74) is 6.12. The predicted molar refractivity (Wildman–Crippen MR) is 127 cm³/mol. The van der Waals surface area contributed by atoms with Gasteiger partial charge in [-0.05, 0) is 31.9 Å². The van der Waals surface area contributed by atoms with E-state index in [4.69, 9.17) is 5.73 Å². The van der Waals surface area contributed by atoms with Gasteiger partial charge in [0.05, 0.1) is 36.5 Å². The second-order valence-corrected chi connectivity index (χ2v) is 9.51. The average Bonchev–Trinajstić information content (AvgIpc) is 3.52. The van der Waals surface area contributed by atoms with Crippen molar-refractivity contribution >= 4 is 23.2 Å². The summed E-state index contributed by atoms with van der Waals surface area (Å²) < 4.78 is 39.9. The minimum atomic E-state index is -4.39. The number of nitrogens with one attached hydrogen (secondary N) is 1. The summed E-state index contributed by atoms with van der Waals surface area (Å²) >= 11 is 1.31. The van der Waals surface area contributed by atoms with E-state index in [1.54, 1.807) is 16.5 Å². The molecule has 0 aliphatic carbocycles. The number of rotatable bonds is 7. The van der Waals surface area contributed by atoms with E-state index in [2.05, 4.69) is 20.6 Å². The van der Waals surface area contributed by atoms with Gasteiger partial charge in [0, 0.05) is 30.1 Å². The van der Waals surface area contributed by atoms with E-state index in [1.807, 2.05) is 6.92 Å². The number of hydrogen-bond donors (Lipinski definition) is 2. The standard InChI is InChI=1S/C23H26F3N7O2S/c1-14-17(3-2-9-33(14)22(35)18-12-32(10-8-27)31-30-18)21(34)28-11-20-29-19(13-36-20)15-4-6-16(7-5-15)23(24,25)26/h4-7,12-14,17H,2-3,8-11,27H2,1H3,(H,28,34). The fourth-order valence-corrected chi connectivity index (χ4v) is 4.96. The second kappa shape index (κ2) is 10.7. The zero-order chi connectivity index (χ0) is 25.9. The van der Waals surface area contributed by atoms with Crippen LogP contribution >= 0.6 is 11.3 Å². The third kappa shape index (κ3) is 5.73. The topological polar surface area (TPSA) is 119 Å². The minimum absolute atomic E-state index is 0.182. The maximum absolute atomic E-state index is 13.0. The van der Waals surface area contributed by atoms with Gasteiger partial charge in [0.25, 0.3) is 5.91 Å². The lowest BCUT2D eigenvalue weighted by molar-refractivity contribution is -0.137. The number of aromatic nitrogens is 4. The molecule has 0 spiro atoms. The summed E-state index contributed by atoms with van der Waals surface area (Å²) in [7, 11) is 0. The lowest BCUT2D eigenvalue weighted by Gasteiger charge is -2.38. The number of amides is 2. The summed E-state index contributed by atoms with van der Waals surface area (Å²) in [6.07, 6.45) is -1.51. The van der Waals surface area contributed by atoms with E-state index in [9.17, 15) is 22.8 Å². The largest absolute Gasteiger partial charge is 0.416 e. The lowest BCUT2D eigenvalue weighted by Crippen LogP contribution is -2.51. The molecule has 36 heavy (non-hydrogen) atoms. The monoisotopic (exact) mass is 521 g/mol. The maximum Gasteiger partial charge on any atom is 0.416 e. The number of carbonyl (C=O) groups is 2. The number of thiazole rings is 1. The number of likely N-dealkylation sites (tertiary alicyclic amines) is 1. The Hall–Kier alpha value is -3.32. The third-order valence-corrected chi connectivity index (χ3v) is 7.02. The van der Waals surface area contributed by atoms with Crippen molar-refractivity contribution in [2.75, 3.05) is 13.1 Å². The van der Waals surface area contributed by atoms with Gasteiger partial charge in [-0.3, -0.25) is 14.3 Å². The average molecular weight is 522 g/mol. The van der Waals surface area contributed by atoms with Gasteiger partial charge in [0.15, 0.2) is 5.69 Å². The van der Waals surface area contributed by atoms with Crippen LogP contribution in [-0.4, -0.2) is 55.8 Å². The molecule has 2 aromatic heterocycles. The van der Waals surface area contributed by atoms with Crippen LogP contribution in [0.1, 0.15) is 40.8 Å². The van der Waals surface area contributed by atoms with Crippen molar-refractivity contribution in [2.45, 2.75) is 45.1 Å². The third-order valence-electron chi connectivity index (χ3n) is 6.18. The van der Waals surface area contributed by atoms with Gasteiger partial charge in [-0.1, -0.05) is 17.3 Å². The van der Waals surface area contributed by atoms with Crippen molar-refractivity contribution in [1.29, 1.82) is 0 Å². The Bertz CT molecular complexity index is 1210. The van der Waals surface area contributed by atoms with E-state index in [0.29, 0.717) is 48.7 Å². The van der Waals surface area contributed by atoms with Crippen molar-refractivity contribution in [2.24, 2.45) is 11.7 Å². The molecule has 13 heteroatoms. The zero-order valence-corrected chi connectivity index (χ0v) is 20.3. The van der Waals surface area contributed by atoms with Crippen molar-refractivity contribution in [3.8, 4) is 11.3 Å². The first-order valence-corrected chi connectivity index (χ1v) is 12.4. The van der Waals surface area contributed by atoms with Crippen LogP contribution in [0.15, 0.2) is 35.8 Å². The first-order valence-electron chi connectivity index (χ1n) is 11.5. The molecule has 0 radical (unpaired) electrons.